The van der Waals surface area contributed by atoms with Crippen LogP contribution in [0.1, 0.15) is 10.5 Å². The van der Waals surface area contributed by atoms with Crippen LogP contribution in [0, 0.1) is 0 Å². The fraction of sp³-hybridized carbons (Fsp3) is 0.231. The zero-order valence-corrected chi connectivity index (χ0v) is 10.7. The molecule has 6 nitrogen and oxygen atoms in total. The first-order valence-electron chi connectivity index (χ1n) is 5.90. The highest BCUT2D eigenvalue weighted by Crippen LogP contribution is 2.23. The fourth-order valence-electron chi connectivity index (χ4n) is 1.89. The maximum Gasteiger partial charge on any atom is 0.276 e. The third-order valence-corrected chi connectivity index (χ3v) is 2.84. The van der Waals surface area contributed by atoms with Crippen LogP contribution in [0.5, 0.6) is 0 Å². The van der Waals surface area contributed by atoms with E-state index in [9.17, 15) is 4.79 Å². The number of nitrogen functional groups attached to an aromatic ring is 1. The Bertz CT molecular complexity index is 580. The van der Waals surface area contributed by atoms with Crippen LogP contribution in [-0.4, -0.2) is 33.9 Å². The molecule has 0 aliphatic rings. The van der Waals surface area contributed by atoms with E-state index in [-0.39, 0.29) is 19.1 Å². The lowest BCUT2D eigenvalue weighted by Gasteiger charge is -2.23. The van der Waals surface area contributed by atoms with Crippen LogP contribution in [0.15, 0.2) is 36.5 Å². The molecule has 0 radical (unpaired) electrons. The SMILES string of the molecule is Cn1nccc1C(=O)N(CCO)c1ccccc1N. The lowest BCUT2D eigenvalue weighted by molar-refractivity contribution is 0.0972. The van der Waals surface area contributed by atoms with Crippen LogP contribution in [0.3, 0.4) is 0 Å². The largest absolute Gasteiger partial charge is 0.397 e. The van der Waals surface area contributed by atoms with Gasteiger partial charge in [-0.05, 0) is 18.2 Å². The average Bonchev–Trinajstić information content (AvgIpc) is 2.82. The Hall–Kier alpha value is -2.34. The molecule has 0 aliphatic heterocycles. The molecule has 1 amide bonds. The van der Waals surface area contributed by atoms with Crippen LogP contribution < -0.4 is 10.6 Å². The lowest BCUT2D eigenvalue weighted by Crippen LogP contribution is -2.35. The van der Waals surface area contributed by atoms with Crippen molar-refractivity contribution in [2.75, 3.05) is 23.8 Å². The van der Waals surface area contributed by atoms with Crippen LogP contribution in [-0.2, 0) is 7.05 Å². The maximum atomic E-state index is 12.5. The Morgan fingerprint density at radius 1 is 1.42 bits per heavy atom. The van der Waals surface area contributed by atoms with E-state index >= 15 is 0 Å². The summed E-state index contributed by atoms with van der Waals surface area (Å²) in [6, 6.07) is 8.69. The van der Waals surface area contributed by atoms with Gasteiger partial charge >= 0.3 is 0 Å². The summed E-state index contributed by atoms with van der Waals surface area (Å²) in [5.41, 5.74) is 7.40. The number of aliphatic hydroxyl groups is 1. The standard InChI is InChI=1S/C13H16N4O2/c1-16-12(6-7-15-16)13(19)17(8-9-18)11-5-3-2-4-10(11)14/h2-7,18H,8-9,14H2,1H3. The van der Waals surface area contributed by atoms with Crippen molar-refractivity contribution in [2.45, 2.75) is 0 Å². The molecule has 6 heteroatoms. The Balaban J connectivity index is 2.39. The highest BCUT2D eigenvalue weighted by Gasteiger charge is 2.21. The van der Waals surface area contributed by atoms with Gasteiger partial charge in [-0.1, -0.05) is 12.1 Å². The highest BCUT2D eigenvalue weighted by atomic mass is 16.3. The Labute approximate surface area is 111 Å². The summed E-state index contributed by atoms with van der Waals surface area (Å²) in [5, 5.41) is 13.1. The second-order valence-electron chi connectivity index (χ2n) is 4.08. The van der Waals surface area contributed by atoms with E-state index in [1.54, 1.807) is 43.6 Å². The fourth-order valence-corrected chi connectivity index (χ4v) is 1.89. The molecular weight excluding hydrogens is 244 g/mol. The van der Waals surface area contributed by atoms with Crippen molar-refractivity contribution in [1.82, 2.24) is 9.78 Å². The molecule has 100 valence electrons. The molecule has 0 unspecified atom stereocenters. The van der Waals surface area contributed by atoms with E-state index in [1.807, 2.05) is 0 Å². The number of aryl methyl sites for hydroxylation is 1. The summed E-state index contributed by atoms with van der Waals surface area (Å²) in [7, 11) is 1.69. The second-order valence-corrected chi connectivity index (χ2v) is 4.08. The average molecular weight is 260 g/mol. The van der Waals surface area contributed by atoms with Gasteiger partial charge in [0, 0.05) is 19.8 Å². The van der Waals surface area contributed by atoms with E-state index < -0.39 is 0 Å². The van der Waals surface area contributed by atoms with Crippen LogP contribution >= 0.6 is 0 Å². The summed E-state index contributed by atoms with van der Waals surface area (Å²) in [4.78, 5) is 13.9. The summed E-state index contributed by atoms with van der Waals surface area (Å²) >= 11 is 0. The molecule has 0 fully saturated rings. The first-order chi connectivity index (χ1) is 9.15. The van der Waals surface area contributed by atoms with Gasteiger partial charge in [0.15, 0.2) is 0 Å². The molecule has 0 aliphatic carbocycles. The Kier molecular flexibility index (Phi) is 3.82. The predicted octanol–water partition coefficient (Wildman–Crippen LogP) is 0.641. The van der Waals surface area contributed by atoms with Crippen molar-refractivity contribution in [1.29, 1.82) is 0 Å². The normalized spacial score (nSPS) is 10.4. The number of hydrogen-bond donors (Lipinski definition) is 2. The van der Waals surface area contributed by atoms with E-state index in [0.717, 1.165) is 0 Å². The van der Waals surface area contributed by atoms with Crippen LogP contribution in [0.2, 0.25) is 0 Å². The highest BCUT2D eigenvalue weighted by molar-refractivity contribution is 6.06. The molecule has 1 aromatic carbocycles. The molecular formula is C13H16N4O2. The number of aromatic nitrogens is 2. The second kappa shape index (κ2) is 5.53. The molecule has 1 heterocycles. The number of para-hydroxylation sites is 2. The first kappa shape index (κ1) is 13.1. The summed E-state index contributed by atoms with van der Waals surface area (Å²) in [6.45, 7) is 0.0378. The Morgan fingerprint density at radius 2 is 2.16 bits per heavy atom. The van der Waals surface area contributed by atoms with Gasteiger partial charge < -0.3 is 15.7 Å². The number of nitrogens with zero attached hydrogens (tertiary/aromatic N) is 3. The monoisotopic (exact) mass is 260 g/mol. The van der Waals surface area contributed by atoms with Gasteiger partial charge in [0.25, 0.3) is 5.91 Å². The molecule has 2 aromatic rings. The van der Waals surface area contributed by atoms with Gasteiger partial charge in [0.05, 0.1) is 18.0 Å². The molecule has 19 heavy (non-hydrogen) atoms. The third-order valence-electron chi connectivity index (χ3n) is 2.84. The molecule has 0 bridgehead atoms. The zero-order chi connectivity index (χ0) is 13.8. The number of hydrogen-bond acceptors (Lipinski definition) is 4. The number of carbonyl (C=O) groups is 1. The smallest absolute Gasteiger partial charge is 0.276 e. The van der Waals surface area contributed by atoms with Crippen molar-refractivity contribution in [2.24, 2.45) is 7.05 Å². The molecule has 1 aromatic heterocycles. The maximum absolute atomic E-state index is 12.5. The summed E-state index contributed by atoms with van der Waals surface area (Å²) in [6.07, 6.45) is 1.55. The Morgan fingerprint density at radius 3 is 2.74 bits per heavy atom. The van der Waals surface area contributed by atoms with E-state index in [4.69, 9.17) is 10.8 Å². The first-order valence-corrected chi connectivity index (χ1v) is 5.90. The van der Waals surface area contributed by atoms with E-state index in [2.05, 4.69) is 5.10 Å². The minimum absolute atomic E-state index is 0.141. The topological polar surface area (TPSA) is 84.4 Å². The third kappa shape index (κ3) is 2.58. The van der Waals surface area contributed by atoms with Crippen LogP contribution in [0.4, 0.5) is 11.4 Å². The molecule has 0 atom stereocenters. The van der Waals surface area contributed by atoms with E-state index in [1.165, 1.54) is 9.58 Å². The van der Waals surface area contributed by atoms with E-state index in [0.29, 0.717) is 17.1 Å². The zero-order valence-electron chi connectivity index (χ0n) is 10.7. The van der Waals surface area contributed by atoms with Gasteiger partial charge in [-0.25, -0.2) is 0 Å². The number of benzene rings is 1. The van der Waals surface area contributed by atoms with Crippen molar-refractivity contribution in [3.63, 3.8) is 0 Å². The molecule has 3 N–H and O–H groups in total. The molecule has 0 saturated heterocycles. The van der Waals surface area contributed by atoms with Crippen molar-refractivity contribution in [3.05, 3.63) is 42.2 Å². The van der Waals surface area contributed by atoms with Crippen molar-refractivity contribution in [3.8, 4) is 0 Å². The lowest BCUT2D eigenvalue weighted by atomic mass is 10.2. The number of anilines is 2. The summed E-state index contributed by atoms with van der Waals surface area (Å²) in [5.74, 6) is -0.244. The number of amides is 1. The van der Waals surface area contributed by atoms with Gasteiger partial charge in [0.1, 0.15) is 5.69 Å². The number of aliphatic hydroxyl groups excluding tert-OH is 1. The number of carbonyl (C=O) groups excluding carboxylic acids is 1. The summed E-state index contributed by atoms with van der Waals surface area (Å²) < 4.78 is 1.49. The minimum Gasteiger partial charge on any atom is -0.397 e. The predicted molar refractivity (Wildman–Crippen MR) is 72.8 cm³/mol. The molecule has 0 spiro atoms. The minimum atomic E-state index is -0.244. The van der Waals surface area contributed by atoms with Crippen molar-refractivity contribution < 1.29 is 9.90 Å². The van der Waals surface area contributed by atoms with Gasteiger partial charge in [0.2, 0.25) is 0 Å². The van der Waals surface area contributed by atoms with Gasteiger partial charge in [-0.15, -0.1) is 0 Å². The van der Waals surface area contributed by atoms with Gasteiger partial charge in [-0.3, -0.25) is 9.48 Å². The van der Waals surface area contributed by atoms with Gasteiger partial charge in [-0.2, -0.15) is 5.10 Å². The molecule has 0 saturated carbocycles. The van der Waals surface area contributed by atoms with Crippen LogP contribution in [0.25, 0.3) is 0 Å². The van der Waals surface area contributed by atoms with Crippen molar-refractivity contribution >= 4 is 17.3 Å². The number of rotatable bonds is 4. The quantitative estimate of drug-likeness (QED) is 0.790. The molecule has 2 rings (SSSR count). The number of nitrogens with two attached hydrogens (primary N) is 1.